The molecule has 1 aromatic rings. The van der Waals surface area contributed by atoms with Gasteiger partial charge in [-0.3, -0.25) is 0 Å². The second-order valence-electron chi connectivity index (χ2n) is 2.11. The molecule has 0 saturated heterocycles. The van der Waals surface area contributed by atoms with Crippen molar-refractivity contribution < 1.29 is 13.2 Å². The van der Waals surface area contributed by atoms with Gasteiger partial charge in [0, 0.05) is 5.56 Å². The molecule has 0 unspecified atom stereocenters. The van der Waals surface area contributed by atoms with Crippen LogP contribution < -0.4 is 0 Å². The zero-order chi connectivity index (χ0) is 10.0. The van der Waals surface area contributed by atoms with Crippen LogP contribution in [0.25, 0.3) is 0 Å². The molecule has 0 aromatic carbocycles. The standard InChI is InChI=1S/C7H2ClF3N2/c8-5-1-3(6(9)10)4(2-12)7(11)13-5/h1,6H. The number of hydrogen-bond donors (Lipinski definition) is 0. The molecule has 1 aromatic heterocycles. The van der Waals surface area contributed by atoms with Crippen LogP contribution in [0.4, 0.5) is 13.2 Å². The van der Waals surface area contributed by atoms with Gasteiger partial charge < -0.3 is 0 Å². The van der Waals surface area contributed by atoms with E-state index in [0.29, 0.717) is 0 Å². The predicted molar refractivity (Wildman–Crippen MR) is 38.9 cm³/mol. The summed E-state index contributed by atoms with van der Waals surface area (Å²) >= 11 is 5.23. The Hall–Kier alpha value is -1.28. The number of pyridine rings is 1. The van der Waals surface area contributed by atoms with Gasteiger partial charge in [0.1, 0.15) is 16.8 Å². The van der Waals surface area contributed by atoms with Crippen LogP contribution in [0.3, 0.4) is 0 Å². The Morgan fingerprint density at radius 3 is 2.62 bits per heavy atom. The average Bonchev–Trinajstić information content (AvgIpc) is 2.02. The first-order valence-corrected chi connectivity index (χ1v) is 3.48. The van der Waals surface area contributed by atoms with E-state index in [1.54, 1.807) is 0 Å². The zero-order valence-electron chi connectivity index (χ0n) is 6.06. The second kappa shape index (κ2) is 3.62. The maximum atomic E-state index is 12.7. The molecule has 6 heteroatoms. The van der Waals surface area contributed by atoms with Crippen molar-refractivity contribution in [3.63, 3.8) is 0 Å². The van der Waals surface area contributed by atoms with E-state index < -0.39 is 28.7 Å². The van der Waals surface area contributed by atoms with Gasteiger partial charge in [-0.2, -0.15) is 9.65 Å². The van der Waals surface area contributed by atoms with Crippen molar-refractivity contribution in [1.82, 2.24) is 4.98 Å². The topological polar surface area (TPSA) is 36.7 Å². The fourth-order valence-electron chi connectivity index (χ4n) is 0.784. The van der Waals surface area contributed by atoms with Gasteiger partial charge in [-0.1, -0.05) is 11.6 Å². The van der Waals surface area contributed by atoms with Crippen molar-refractivity contribution in [2.45, 2.75) is 6.43 Å². The SMILES string of the molecule is N#Cc1c(C(F)F)cc(Cl)nc1F. The van der Waals surface area contributed by atoms with Gasteiger partial charge >= 0.3 is 0 Å². The maximum absolute atomic E-state index is 12.7. The first-order valence-electron chi connectivity index (χ1n) is 3.10. The molecule has 0 spiro atoms. The van der Waals surface area contributed by atoms with E-state index in [1.165, 1.54) is 6.07 Å². The Morgan fingerprint density at radius 2 is 2.15 bits per heavy atom. The van der Waals surface area contributed by atoms with E-state index in [9.17, 15) is 13.2 Å². The normalized spacial score (nSPS) is 10.2. The Balaban J connectivity index is 3.41. The van der Waals surface area contributed by atoms with Gasteiger partial charge in [0.15, 0.2) is 0 Å². The van der Waals surface area contributed by atoms with Crippen molar-refractivity contribution in [2.75, 3.05) is 0 Å². The van der Waals surface area contributed by atoms with Crippen molar-refractivity contribution in [3.8, 4) is 6.07 Å². The van der Waals surface area contributed by atoms with Crippen molar-refractivity contribution in [1.29, 1.82) is 5.26 Å². The molecular weight excluding hydrogens is 205 g/mol. The number of aromatic nitrogens is 1. The fraction of sp³-hybridized carbons (Fsp3) is 0.143. The molecule has 0 aliphatic rings. The lowest BCUT2D eigenvalue weighted by molar-refractivity contribution is 0.150. The molecular formula is C7H2ClF3N2. The molecule has 0 aliphatic heterocycles. The summed E-state index contributed by atoms with van der Waals surface area (Å²) in [6.45, 7) is 0. The van der Waals surface area contributed by atoms with Crippen molar-refractivity contribution >= 4 is 11.6 Å². The molecule has 0 aliphatic carbocycles. The van der Waals surface area contributed by atoms with Crippen LogP contribution in [0.15, 0.2) is 6.07 Å². The maximum Gasteiger partial charge on any atom is 0.265 e. The summed E-state index contributed by atoms with van der Waals surface area (Å²) in [6, 6.07) is 2.07. The fourth-order valence-corrected chi connectivity index (χ4v) is 0.976. The van der Waals surface area contributed by atoms with Gasteiger partial charge in [0.25, 0.3) is 6.43 Å². The minimum Gasteiger partial charge on any atom is -0.207 e. The van der Waals surface area contributed by atoms with Crippen molar-refractivity contribution in [3.05, 3.63) is 28.3 Å². The summed E-state index contributed by atoms with van der Waals surface area (Å²) in [5, 5.41) is 7.94. The molecule has 0 amide bonds. The van der Waals surface area contributed by atoms with E-state index in [4.69, 9.17) is 16.9 Å². The quantitative estimate of drug-likeness (QED) is 0.663. The molecule has 68 valence electrons. The minimum atomic E-state index is -2.94. The third-order valence-corrected chi connectivity index (χ3v) is 1.52. The lowest BCUT2D eigenvalue weighted by Gasteiger charge is -2.02. The number of nitriles is 1. The van der Waals surface area contributed by atoms with Gasteiger partial charge in [-0.25, -0.2) is 13.8 Å². The van der Waals surface area contributed by atoms with E-state index in [1.807, 2.05) is 0 Å². The molecule has 13 heavy (non-hydrogen) atoms. The predicted octanol–water partition coefficient (Wildman–Crippen LogP) is 2.68. The summed E-state index contributed by atoms with van der Waals surface area (Å²) in [7, 11) is 0. The van der Waals surface area contributed by atoms with Crippen molar-refractivity contribution in [2.24, 2.45) is 0 Å². The molecule has 0 bridgehead atoms. The zero-order valence-corrected chi connectivity index (χ0v) is 6.82. The lowest BCUT2D eigenvalue weighted by Crippen LogP contribution is -1.98. The number of halogens is 4. The molecule has 0 N–H and O–H groups in total. The van der Waals surface area contributed by atoms with Crippen LogP contribution in [0.2, 0.25) is 5.15 Å². The first-order chi connectivity index (χ1) is 6.06. The van der Waals surface area contributed by atoms with E-state index in [2.05, 4.69) is 4.98 Å². The molecule has 1 heterocycles. The number of hydrogen-bond acceptors (Lipinski definition) is 2. The molecule has 0 saturated carbocycles. The Labute approximate surface area is 76.6 Å². The summed E-state index contributed by atoms with van der Waals surface area (Å²) < 4.78 is 37.1. The first kappa shape index (κ1) is 9.81. The van der Waals surface area contributed by atoms with Crippen LogP contribution in [0, 0.1) is 17.3 Å². The lowest BCUT2D eigenvalue weighted by atomic mass is 10.1. The number of alkyl halides is 2. The van der Waals surface area contributed by atoms with Gasteiger partial charge in [-0.05, 0) is 6.07 Å². The summed E-state index contributed by atoms with van der Waals surface area (Å²) in [5.41, 5.74) is -1.50. The van der Waals surface area contributed by atoms with Crippen LogP contribution in [0.1, 0.15) is 17.6 Å². The van der Waals surface area contributed by atoms with E-state index in [0.717, 1.165) is 6.07 Å². The second-order valence-corrected chi connectivity index (χ2v) is 2.50. The molecule has 0 radical (unpaired) electrons. The van der Waals surface area contributed by atoms with Crippen LogP contribution in [-0.4, -0.2) is 4.98 Å². The molecule has 1 rings (SSSR count). The molecule has 0 fully saturated rings. The highest BCUT2D eigenvalue weighted by Crippen LogP contribution is 2.25. The summed E-state index contributed by atoms with van der Waals surface area (Å²) in [4.78, 5) is 3.03. The molecule has 0 atom stereocenters. The Kier molecular flexibility index (Phi) is 2.73. The molecule has 2 nitrogen and oxygen atoms in total. The van der Waals surface area contributed by atoms with E-state index in [-0.39, 0.29) is 0 Å². The average molecular weight is 207 g/mol. The summed E-state index contributed by atoms with van der Waals surface area (Å²) in [5.74, 6) is -1.27. The van der Waals surface area contributed by atoms with Crippen LogP contribution in [0.5, 0.6) is 0 Å². The van der Waals surface area contributed by atoms with Gasteiger partial charge in [-0.15, -0.1) is 0 Å². The van der Waals surface area contributed by atoms with Crippen LogP contribution >= 0.6 is 11.6 Å². The van der Waals surface area contributed by atoms with E-state index >= 15 is 0 Å². The summed E-state index contributed by atoms with van der Waals surface area (Å²) in [6.07, 6.45) is -2.94. The highest BCUT2D eigenvalue weighted by atomic mass is 35.5. The van der Waals surface area contributed by atoms with Gasteiger partial charge in [0.2, 0.25) is 5.95 Å². The highest BCUT2D eigenvalue weighted by Gasteiger charge is 2.18. The number of rotatable bonds is 1. The largest absolute Gasteiger partial charge is 0.265 e. The third-order valence-electron chi connectivity index (χ3n) is 1.32. The Bertz CT molecular complexity index is 373. The van der Waals surface area contributed by atoms with Gasteiger partial charge in [0.05, 0.1) is 0 Å². The third kappa shape index (κ3) is 1.90. The Morgan fingerprint density at radius 1 is 1.54 bits per heavy atom. The number of nitrogens with zero attached hydrogens (tertiary/aromatic N) is 2. The smallest absolute Gasteiger partial charge is 0.207 e. The minimum absolute atomic E-state index is 0.396. The monoisotopic (exact) mass is 206 g/mol. The highest BCUT2D eigenvalue weighted by molar-refractivity contribution is 6.29. The van der Waals surface area contributed by atoms with Crippen LogP contribution in [-0.2, 0) is 0 Å².